The lowest BCUT2D eigenvalue weighted by Gasteiger charge is -2.32. The Morgan fingerprint density at radius 2 is 1.76 bits per heavy atom. The van der Waals surface area contributed by atoms with Gasteiger partial charge in [-0.3, -0.25) is 4.90 Å². The van der Waals surface area contributed by atoms with Crippen LogP contribution in [0.5, 0.6) is 11.5 Å². The van der Waals surface area contributed by atoms with E-state index in [0.29, 0.717) is 13.2 Å². The molecule has 1 fully saturated rings. The number of likely N-dealkylation sites (N-methyl/N-ethyl adjacent to an activating group) is 1. The molecule has 25 heavy (non-hydrogen) atoms. The molecule has 6 heteroatoms. The Bertz CT molecular complexity index is 480. The molecule has 1 saturated heterocycles. The van der Waals surface area contributed by atoms with Crippen LogP contribution in [-0.4, -0.2) is 76.5 Å². The predicted molar refractivity (Wildman–Crippen MR) is 104 cm³/mol. The van der Waals surface area contributed by atoms with E-state index in [1.807, 2.05) is 6.07 Å². The number of halogens is 1. The molecule has 1 aliphatic heterocycles. The average Bonchev–Trinajstić information content (AvgIpc) is 2.60. The normalized spacial score (nSPS) is 15.6. The van der Waals surface area contributed by atoms with Gasteiger partial charge in [-0.15, -0.1) is 12.4 Å². The van der Waals surface area contributed by atoms with Gasteiger partial charge < -0.3 is 19.1 Å². The first-order chi connectivity index (χ1) is 11.7. The zero-order valence-corrected chi connectivity index (χ0v) is 16.6. The first-order valence-corrected chi connectivity index (χ1v) is 9.01. The number of aryl methyl sites for hydroxylation is 1. The summed E-state index contributed by atoms with van der Waals surface area (Å²) in [6, 6.07) is 6.16. The smallest absolute Gasteiger partial charge is 0.161 e. The molecule has 1 heterocycles. The summed E-state index contributed by atoms with van der Waals surface area (Å²) in [5.74, 6) is 1.60. The Balaban J connectivity index is 0.00000312. The van der Waals surface area contributed by atoms with Gasteiger partial charge in [-0.25, -0.2) is 0 Å². The Morgan fingerprint density at radius 1 is 1.00 bits per heavy atom. The number of ether oxygens (including phenoxy) is 3. The SMILES string of the molecule is CCCc1ccc(OCCOCCN2CCN(C)CC2)c(OC)c1.Cl. The van der Waals surface area contributed by atoms with Gasteiger partial charge in [0.05, 0.1) is 20.3 Å². The van der Waals surface area contributed by atoms with Gasteiger partial charge in [0.25, 0.3) is 0 Å². The third kappa shape index (κ3) is 7.82. The first kappa shape index (κ1) is 22.0. The minimum absolute atomic E-state index is 0. The van der Waals surface area contributed by atoms with Gasteiger partial charge in [-0.05, 0) is 31.2 Å². The molecule has 0 saturated carbocycles. The molecule has 1 aliphatic rings. The molecule has 0 aliphatic carbocycles. The maximum Gasteiger partial charge on any atom is 0.161 e. The average molecular weight is 373 g/mol. The predicted octanol–water partition coefficient (Wildman–Crippen LogP) is 2.71. The molecule has 0 amide bonds. The van der Waals surface area contributed by atoms with E-state index >= 15 is 0 Å². The van der Waals surface area contributed by atoms with Gasteiger partial charge in [0.2, 0.25) is 0 Å². The fourth-order valence-corrected chi connectivity index (χ4v) is 2.85. The number of rotatable bonds is 10. The highest BCUT2D eigenvalue weighted by Gasteiger charge is 2.12. The lowest BCUT2D eigenvalue weighted by atomic mass is 10.1. The fraction of sp³-hybridized carbons (Fsp3) is 0.684. The Kier molecular flexibility index (Phi) is 10.9. The Labute approximate surface area is 158 Å². The third-order valence-corrected chi connectivity index (χ3v) is 4.40. The number of hydrogen-bond acceptors (Lipinski definition) is 5. The van der Waals surface area contributed by atoms with E-state index in [1.165, 1.54) is 5.56 Å². The molecule has 0 spiro atoms. The molecule has 0 atom stereocenters. The third-order valence-electron chi connectivity index (χ3n) is 4.40. The molecule has 2 rings (SSSR count). The molecule has 144 valence electrons. The minimum Gasteiger partial charge on any atom is -0.493 e. The van der Waals surface area contributed by atoms with Crippen molar-refractivity contribution < 1.29 is 14.2 Å². The van der Waals surface area contributed by atoms with Crippen molar-refractivity contribution in [2.45, 2.75) is 19.8 Å². The van der Waals surface area contributed by atoms with Gasteiger partial charge >= 0.3 is 0 Å². The Hall–Kier alpha value is -1.01. The summed E-state index contributed by atoms with van der Waals surface area (Å²) < 4.78 is 16.9. The van der Waals surface area contributed by atoms with Gasteiger partial charge in [0.15, 0.2) is 11.5 Å². The fourth-order valence-electron chi connectivity index (χ4n) is 2.85. The molecule has 0 bridgehead atoms. The zero-order valence-electron chi connectivity index (χ0n) is 15.8. The van der Waals surface area contributed by atoms with Crippen molar-refractivity contribution in [1.29, 1.82) is 0 Å². The molecule has 1 aromatic carbocycles. The summed E-state index contributed by atoms with van der Waals surface area (Å²) >= 11 is 0. The van der Waals surface area contributed by atoms with Crippen LogP contribution in [-0.2, 0) is 11.2 Å². The maximum atomic E-state index is 5.80. The van der Waals surface area contributed by atoms with Gasteiger partial charge in [0, 0.05) is 32.7 Å². The van der Waals surface area contributed by atoms with Crippen LogP contribution in [0.2, 0.25) is 0 Å². The number of benzene rings is 1. The Morgan fingerprint density at radius 3 is 2.44 bits per heavy atom. The van der Waals surface area contributed by atoms with Crippen molar-refractivity contribution in [3.8, 4) is 11.5 Å². The second kappa shape index (κ2) is 12.4. The van der Waals surface area contributed by atoms with Crippen molar-refractivity contribution in [3.05, 3.63) is 23.8 Å². The quantitative estimate of drug-likeness (QED) is 0.590. The van der Waals surface area contributed by atoms with E-state index in [2.05, 4.69) is 35.9 Å². The first-order valence-electron chi connectivity index (χ1n) is 9.01. The summed E-state index contributed by atoms with van der Waals surface area (Å²) in [4.78, 5) is 4.82. The summed E-state index contributed by atoms with van der Waals surface area (Å²) in [5, 5.41) is 0. The highest BCUT2D eigenvalue weighted by Crippen LogP contribution is 2.28. The molecule has 0 unspecified atom stereocenters. The van der Waals surface area contributed by atoms with E-state index in [1.54, 1.807) is 7.11 Å². The van der Waals surface area contributed by atoms with E-state index < -0.39 is 0 Å². The van der Waals surface area contributed by atoms with Crippen molar-refractivity contribution in [3.63, 3.8) is 0 Å². The van der Waals surface area contributed by atoms with E-state index in [-0.39, 0.29) is 12.4 Å². The van der Waals surface area contributed by atoms with Crippen LogP contribution in [0.25, 0.3) is 0 Å². The van der Waals surface area contributed by atoms with E-state index in [9.17, 15) is 0 Å². The van der Waals surface area contributed by atoms with Gasteiger partial charge in [0.1, 0.15) is 6.61 Å². The van der Waals surface area contributed by atoms with Crippen molar-refractivity contribution >= 4 is 12.4 Å². The van der Waals surface area contributed by atoms with Crippen LogP contribution < -0.4 is 9.47 Å². The topological polar surface area (TPSA) is 34.2 Å². The second-order valence-electron chi connectivity index (χ2n) is 6.34. The molecule has 0 radical (unpaired) electrons. The van der Waals surface area contributed by atoms with Crippen molar-refractivity contribution in [2.24, 2.45) is 0 Å². The molecule has 0 N–H and O–H groups in total. The van der Waals surface area contributed by atoms with Gasteiger partial charge in [-0.1, -0.05) is 19.4 Å². The minimum atomic E-state index is 0. The number of methoxy groups -OCH3 is 1. The van der Waals surface area contributed by atoms with Crippen molar-refractivity contribution in [2.75, 3.05) is 66.7 Å². The molecular formula is C19H33ClN2O3. The van der Waals surface area contributed by atoms with Crippen LogP contribution in [0.4, 0.5) is 0 Å². The van der Waals surface area contributed by atoms with Gasteiger partial charge in [-0.2, -0.15) is 0 Å². The monoisotopic (exact) mass is 372 g/mol. The lowest BCUT2D eigenvalue weighted by molar-refractivity contribution is 0.0653. The number of hydrogen-bond donors (Lipinski definition) is 0. The maximum absolute atomic E-state index is 5.80. The zero-order chi connectivity index (χ0) is 17.2. The van der Waals surface area contributed by atoms with Crippen LogP contribution in [0.1, 0.15) is 18.9 Å². The van der Waals surface area contributed by atoms with Crippen LogP contribution in [0.3, 0.4) is 0 Å². The largest absolute Gasteiger partial charge is 0.493 e. The molecule has 0 aromatic heterocycles. The number of piperazine rings is 1. The molecule has 1 aromatic rings. The summed E-state index contributed by atoms with van der Waals surface area (Å²) in [7, 11) is 3.86. The second-order valence-corrected chi connectivity index (χ2v) is 6.34. The number of nitrogens with zero attached hydrogens (tertiary/aromatic N) is 2. The molecular weight excluding hydrogens is 340 g/mol. The standard InChI is InChI=1S/C19H32N2O3.ClH/c1-4-5-17-6-7-18(19(16-17)22-3)24-15-14-23-13-12-21-10-8-20(2)9-11-21;/h6-7,16H,4-5,8-15H2,1-3H3;1H. The van der Waals surface area contributed by atoms with E-state index in [4.69, 9.17) is 14.2 Å². The van der Waals surface area contributed by atoms with Crippen molar-refractivity contribution in [1.82, 2.24) is 9.80 Å². The summed E-state index contributed by atoms with van der Waals surface area (Å²) in [6.45, 7) is 9.67. The van der Waals surface area contributed by atoms with Crippen LogP contribution in [0.15, 0.2) is 18.2 Å². The lowest BCUT2D eigenvalue weighted by Crippen LogP contribution is -2.45. The van der Waals surface area contributed by atoms with E-state index in [0.717, 1.165) is 63.7 Å². The summed E-state index contributed by atoms with van der Waals surface area (Å²) in [5.41, 5.74) is 1.28. The highest BCUT2D eigenvalue weighted by molar-refractivity contribution is 5.85. The molecule has 5 nitrogen and oxygen atoms in total. The summed E-state index contributed by atoms with van der Waals surface area (Å²) in [6.07, 6.45) is 2.19. The van der Waals surface area contributed by atoms with Crippen LogP contribution in [0, 0.1) is 0 Å². The highest BCUT2D eigenvalue weighted by atomic mass is 35.5. The van der Waals surface area contributed by atoms with Crippen LogP contribution >= 0.6 is 12.4 Å².